The number of rotatable bonds is 5. The molecule has 30 heavy (non-hydrogen) atoms. The van der Waals surface area contributed by atoms with Gasteiger partial charge in [0.25, 0.3) is 5.56 Å². The van der Waals surface area contributed by atoms with E-state index in [1.165, 1.54) is 0 Å². The summed E-state index contributed by atoms with van der Waals surface area (Å²) in [5.74, 6) is 0.638. The van der Waals surface area contributed by atoms with Crippen molar-refractivity contribution in [1.29, 1.82) is 0 Å². The summed E-state index contributed by atoms with van der Waals surface area (Å²) in [6.45, 7) is 1.94. The molecule has 3 aromatic heterocycles. The van der Waals surface area contributed by atoms with Crippen molar-refractivity contribution in [1.82, 2.24) is 19.5 Å². The van der Waals surface area contributed by atoms with Crippen LogP contribution in [0, 0.1) is 0 Å². The summed E-state index contributed by atoms with van der Waals surface area (Å²) in [6, 6.07) is 10.6. The summed E-state index contributed by atoms with van der Waals surface area (Å²) in [5, 5.41) is 8.00. The number of halogens is 2. The van der Waals surface area contributed by atoms with Gasteiger partial charge in [0.05, 0.1) is 22.9 Å². The number of aryl methyl sites for hydroxylation is 1. The summed E-state index contributed by atoms with van der Waals surface area (Å²) < 4.78 is 1.59. The van der Waals surface area contributed by atoms with Gasteiger partial charge in [-0.05, 0) is 25.1 Å². The second kappa shape index (κ2) is 8.30. The Morgan fingerprint density at radius 1 is 0.967 bits per heavy atom. The molecule has 0 spiro atoms. The first-order chi connectivity index (χ1) is 14.5. The smallest absolute Gasteiger partial charge is 0.252 e. The van der Waals surface area contributed by atoms with Crippen LogP contribution in [0.3, 0.4) is 0 Å². The highest BCUT2D eigenvalue weighted by molar-refractivity contribution is 6.43. The van der Waals surface area contributed by atoms with Crippen LogP contribution < -0.4 is 16.2 Å². The Labute approximate surface area is 182 Å². The van der Waals surface area contributed by atoms with Gasteiger partial charge >= 0.3 is 0 Å². The van der Waals surface area contributed by atoms with E-state index < -0.39 is 0 Å². The Morgan fingerprint density at radius 2 is 1.73 bits per heavy atom. The van der Waals surface area contributed by atoms with Gasteiger partial charge in [-0.15, -0.1) is 0 Å². The molecule has 4 aromatic rings. The van der Waals surface area contributed by atoms with E-state index in [0.29, 0.717) is 27.9 Å². The Kier molecular flexibility index (Phi) is 5.57. The molecule has 0 radical (unpaired) electrons. The molecule has 152 valence electrons. The molecule has 7 nitrogen and oxygen atoms in total. The second-order valence-corrected chi connectivity index (χ2v) is 7.45. The Bertz CT molecular complexity index is 1280. The van der Waals surface area contributed by atoms with Crippen molar-refractivity contribution >= 4 is 51.2 Å². The molecule has 3 heterocycles. The minimum Gasteiger partial charge on any atom is -0.375 e. The number of anilines is 3. The van der Waals surface area contributed by atoms with Gasteiger partial charge in [0.1, 0.15) is 16.0 Å². The van der Waals surface area contributed by atoms with Crippen LogP contribution >= 0.6 is 23.2 Å². The van der Waals surface area contributed by atoms with Crippen molar-refractivity contribution in [2.75, 3.05) is 10.6 Å². The van der Waals surface area contributed by atoms with Crippen LogP contribution in [-0.4, -0.2) is 19.5 Å². The minimum absolute atomic E-state index is 0.153. The SMILES string of the molecule is CC(Nc1cc(=O)n(C)c2c(Nc3ccnc(Cl)c3Cl)cccc12)c1ncccn1. The van der Waals surface area contributed by atoms with E-state index in [2.05, 4.69) is 25.6 Å². The van der Waals surface area contributed by atoms with Gasteiger partial charge in [-0.3, -0.25) is 4.79 Å². The third-order valence-electron chi connectivity index (χ3n) is 4.72. The molecule has 0 aliphatic rings. The zero-order valence-electron chi connectivity index (χ0n) is 16.2. The second-order valence-electron chi connectivity index (χ2n) is 6.72. The molecule has 1 atom stereocenters. The average molecular weight is 441 g/mol. The van der Waals surface area contributed by atoms with Crippen LogP contribution in [0.4, 0.5) is 17.1 Å². The molecule has 0 saturated carbocycles. The summed E-state index contributed by atoms with van der Waals surface area (Å²) in [7, 11) is 1.73. The molecular formula is C21H18Cl2N6O. The van der Waals surface area contributed by atoms with Crippen molar-refractivity contribution in [2.24, 2.45) is 7.05 Å². The van der Waals surface area contributed by atoms with Crippen LogP contribution in [0.25, 0.3) is 10.9 Å². The molecule has 2 N–H and O–H groups in total. The molecule has 1 unspecified atom stereocenters. The van der Waals surface area contributed by atoms with E-state index >= 15 is 0 Å². The van der Waals surface area contributed by atoms with Gasteiger partial charge in [-0.2, -0.15) is 0 Å². The third-order valence-corrected chi connectivity index (χ3v) is 5.49. The predicted molar refractivity (Wildman–Crippen MR) is 121 cm³/mol. The van der Waals surface area contributed by atoms with Crippen molar-refractivity contribution in [2.45, 2.75) is 13.0 Å². The van der Waals surface area contributed by atoms with Gasteiger partial charge < -0.3 is 15.2 Å². The number of para-hydroxylation sites is 1. The van der Waals surface area contributed by atoms with Crippen molar-refractivity contribution in [3.05, 3.63) is 81.3 Å². The predicted octanol–water partition coefficient (Wildman–Crippen LogP) is 4.95. The zero-order valence-corrected chi connectivity index (χ0v) is 17.7. The Hall–Kier alpha value is -3.16. The molecule has 4 rings (SSSR count). The topological polar surface area (TPSA) is 84.7 Å². The molecule has 0 amide bonds. The lowest BCUT2D eigenvalue weighted by atomic mass is 10.1. The molecule has 9 heteroatoms. The van der Waals surface area contributed by atoms with Crippen LogP contribution in [0.5, 0.6) is 0 Å². The Morgan fingerprint density at radius 3 is 2.50 bits per heavy atom. The average Bonchev–Trinajstić information content (AvgIpc) is 2.75. The van der Waals surface area contributed by atoms with Crippen LogP contribution in [0.2, 0.25) is 10.2 Å². The molecule has 0 aliphatic carbocycles. The monoisotopic (exact) mass is 440 g/mol. The molecule has 0 aliphatic heterocycles. The summed E-state index contributed by atoms with van der Waals surface area (Å²) in [6.07, 6.45) is 4.94. The number of nitrogens with zero attached hydrogens (tertiary/aromatic N) is 4. The lowest BCUT2D eigenvalue weighted by Crippen LogP contribution is -2.19. The largest absolute Gasteiger partial charge is 0.375 e. The highest BCUT2D eigenvalue weighted by atomic mass is 35.5. The highest BCUT2D eigenvalue weighted by Crippen LogP contribution is 2.34. The van der Waals surface area contributed by atoms with E-state index in [1.807, 2.05) is 25.1 Å². The summed E-state index contributed by atoms with van der Waals surface area (Å²) >= 11 is 12.3. The first kappa shape index (κ1) is 20.1. The van der Waals surface area contributed by atoms with Gasteiger partial charge in [0, 0.05) is 42.8 Å². The number of pyridine rings is 2. The lowest BCUT2D eigenvalue weighted by Gasteiger charge is -2.19. The third kappa shape index (κ3) is 3.81. The number of hydrogen-bond acceptors (Lipinski definition) is 6. The standard InChI is InChI=1S/C21H18Cl2N6O/c1-12(21-25-8-4-9-26-21)27-16-11-17(30)29(2)19-13(16)5-3-6-15(19)28-14-7-10-24-20(23)18(14)22/h3-12,27H,1-2H3,(H,24,28). The van der Waals surface area contributed by atoms with E-state index in [9.17, 15) is 4.79 Å². The maximum Gasteiger partial charge on any atom is 0.252 e. The fourth-order valence-corrected chi connectivity index (χ4v) is 3.56. The molecular weight excluding hydrogens is 423 g/mol. The van der Waals surface area contributed by atoms with Crippen molar-refractivity contribution < 1.29 is 0 Å². The Balaban J connectivity index is 1.81. The first-order valence-corrected chi connectivity index (χ1v) is 9.94. The van der Waals surface area contributed by atoms with Gasteiger partial charge in [-0.1, -0.05) is 35.3 Å². The molecule has 1 aromatic carbocycles. The van der Waals surface area contributed by atoms with Crippen LogP contribution in [0.15, 0.2) is 59.8 Å². The van der Waals surface area contributed by atoms with E-state index in [-0.39, 0.29) is 16.8 Å². The minimum atomic E-state index is -0.188. The number of nitrogens with one attached hydrogen (secondary N) is 2. The summed E-state index contributed by atoms with van der Waals surface area (Å²) in [5.41, 5.74) is 2.57. The van der Waals surface area contributed by atoms with Gasteiger partial charge in [-0.25, -0.2) is 15.0 Å². The molecule has 0 saturated heterocycles. The summed E-state index contributed by atoms with van der Waals surface area (Å²) in [4.78, 5) is 25.2. The maximum atomic E-state index is 12.7. The number of fused-ring (bicyclic) bond motifs is 1. The van der Waals surface area contributed by atoms with E-state index in [0.717, 1.165) is 10.9 Å². The number of aromatic nitrogens is 4. The van der Waals surface area contributed by atoms with Gasteiger partial charge in [0.2, 0.25) is 0 Å². The van der Waals surface area contributed by atoms with Crippen LogP contribution in [-0.2, 0) is 7.05 Å². The van der Waals surface area contributed by atoms with Crippen molar-refractivity contribution in [3.63, 3.8) is 0 Å². The highest BCUT2D eigenvalue weighted by Gasteiger charge is 2.15. The number of benzene rings is 1. The fraction of sp³-hybridized carbons (Fsp3) is 0.143. The number of hydrogen-bond donors (Lipinski definition) is 2. The molecule has 0 fully saturated rings. The quantitative estimate of drug-likeness (QED) is 0.427. The maximum absolute atomic E-state index is 12.7. The van der Waals surface area contributed by atoms with E-state index in [1.54, 1.807) is 48.4 Å². The zero-order chi connectivity index (χ0) is 21.3. The van der Waals surface area contributed by atoms with E-state index in [4.69, 9.17) is 23.2 Å². The van der Waals surface area contributed by atoms with Crippen molar-refractivity contribution in [3.8, 4) is 0 Å². The first-order valence-electron chi connectivity index (χ1n) is 9.19. The molecule has 0 bridgehead atoms. The lowest BCUT2D eigenvalue weighted by molar-refractivity contribution is 0.788. The fourth-order valence-electron chi connectivity index (χ4n) is 3.24. The normalized spacial score (nSPS) is 12.0. The van der Waals surface area contributed by atoms with Gasteiger partial charge in [0.15, 0.2) is 0 Å². The van der Waals surface area contributed by atoms with Crippen LogP contribution in [0.1, 0.15) is 18.8 Å².